The molecule has 0 spiro atoms. The molecule has 0 bridgehead atoms. The molecule has 8 nitrogen and oxygen atoms in total. The van der Waals surface area contributed by atoms with Crippen LogP contribution < -0.4 is 5.32 Å². The SMILES string of the molecule is CN1C(=O)c2cccc(NC(=O)c3ccc(S(=O)(=O)N(C)C4CC4)cc3)c2C1=O. The summed E-state index contributed by atoms with van der Waals surface area (Å²) >= 11 is 0. The highest BCUT2D eigenvalue weighted by Crippen LogP contribution is 2.31. The molecule has 4 rings (SSSR count). The zero-order valence-electron chi connectivity index (χ0n) is 15.9. The number of carbonyl (C=O) groups is 3. The minimum absolute atomic E-state index is 0.0431. The number of anilines is 1. The van der Waals surface area contributed by atoms with E-state index < -0.39 is 27.7 Å². The predicted molar refractivity (Wildman–Crippen MR) is 105 cm³/mol. The summed E-state index contributed by atoms with van der Waals surface area (Å²) in [4.78, 5) is 38.1. The van der Waals surface area contributed by atoms with Gasteiger partial charge in [0.25, 0.3) is 17.7 Å². The van der Waals surface area contributed by atoms with Gasteiger partial charge >= 0.3 is 0 Å². The Morgan fingerprint density at radius 2 is 1.72 bits per heavy atom. The molecule has 2 aromatic rings. The van der Waals surface area contributed by atoms with Crippen LogP contribution in [0.15, 0.2) is 47.4 Å². The molecule has 0 saturated heterocycles. The maximum atomic E-state index is 12.6. The van der Waals surface area contributed by atoms with Crippen molar-refractivity contribution in [3.63, 3.8) is 0 Å². The van der Waals surface area contributed by atoms with E-state index in [0.29, 0.717) is 0 Å². The first kappa shape index (κ1) is 19.3. The van der Waals surface area contributed by atoms with Gasteiger partial charge in [-0.05, 0) is 49.2 Å². The van der Waals surface area contributed by atoms with Crippen molar-refractivity contribution in [3.05, 3.63) is 59.2 Å². The molecular formula is C20H19N3O5S. The molecule has 29 heavy (non-hydrogen) atoms. The topological polar surface area (TPSA) is 104 Å². The number of rotatable bonds is 5. The van der Waals surface area contributed by atoms with Gasteiger partial charge in [-0.15, -0.1) is 0 Å². The van der Waals surface area contributed by atoms with Gasteiger partial charge in [0, 0.05) is 25.7 Å². The third-order valence-electron chi connectivity index (χ3n) is 5.22. The molecule has 1 heterocycles. The molecule has 1 fully saturated rings. The van der Waals surface area contributed by atoms with Crippen molar-refractivity contribution in [1.29, 1.82) is 0 Å². The highest BCUT2D eigenvalue weighted by atomic mass is 32.2. The fourth-order valence-electron chi connectivity index (χ4n) is 3.28. The van der Waals surface area contributed by atoms with Gasteiger partial charge in [0.1, 0.15) is 0 Å². The number of amides is 3. The molecule has 3 amide bonds. The van der Waals surface area contributed by atoms with E-state index in [2.05, 4.69) is 5.32 Å². The highest BCUT2D eigenvalue weighted by Gasteiger charge is 2.36. The van der Waals surface area contributed by atoms with Crippen LogP contribution in [0.25, 0.3) is 0 Å². The molecule has 1 saturated carbocycles. The van der Waals surface area contributed by atoms with Crippen molar-refractivity contribution in [2.75, 3.05) is 19.4 Å². The normalized spacial score (nSPS) is 16.3. The maximum absolute atomic E-state index is 12.6. The van der Waals surface area contributed by atoms with E-state index in [1.165, 1.54) is 41.7 Å². The largest absolute Gasteiger partial charge is 0.321 e. The summed E-state index contributed by atoms with van der Waals surface area (Å²) in [5.74, 6) is -1.41. The second kappa shape index (κ2) is 6.78. The smallest absolute Gasteiger partial charge is 0.263 e. The van der Waals surface area contributed by atoms with E-state index in [9.17, 15) is 22.8 Å². The molecule has 0 atom stereocenters. The lowest BCUT2D eigenvalue weighted by Crippen LogP contribution is -2.29. The Hall–Kier alpha value is -3.04. The number of fused-ring (bicyclic) bond motifs is 1. The van der Waals surface area contributed by atoms with E-state index in [0.717, 1.165) is 17.7 Å². The standard InChI is InChI=1S/C20H19N3O5S/c1-22-19(25)15-4-3-5-16(17(15)20(22)26)21-18(24)12-6-10-14(11-7-12)29(27,28)23(2)13-8-9-13/h3-7,10-11,13H,8-9H2,1-2H3,(H,21,24). The lowest BCUT2D eigenvalue weighted by atomic mass is 10.1. The van der Waals surface area contributed by atoms with Crippen LogP contribution in [0.4, 0.5) is 5.69 Å². The van der Waals surface area contributed by atoms with Crippen LogP contribution in [-0.4, -0.2) is 55.5 Å². The van der Waals surface area contributed by atoms with E-state index in [-0.39, 0.29) is 33.3 Å². The number of nitrogens with zero attached hydrogens (tertiary/aromatic N) is 2. The number of benzene rings is 2. The Balaban J connectivity index is 1.57. The Kier molecular flexibility index (Phi) is 4.51. The van der Waals surface area contributed by atoms with E-state index >= 15 is 0 Å². The van der Waals surface area contributed by atoms with Gasteiger partial charge in [0.05, 0.1) is 21.7 Å². The van der Waals surface area contributed by atoms with Crippen LogP contribution in [0.1, 0.15) is 43.9 Å². The highest BCUT2D eigenvalue weighted by molar-refractivity contribution is 7.89. The third kappa shape index (κ3) is 3.22. The monoisotopic (exact) mass is 413 g/mol. The first-order valence-corrected chi connectivity index (χ1v) is 10.5. The fourth-order valence-corrected chi connectivity index (χ4v) is 4.70. The van der Waals surface area contributed by atoms with Gasteiger partial charge in [-0.2, -0.15) is 4.31 Å². The van der Waals surface area contributed by atoms with Gasteiger partial charge in [-0.3, -0.25) is 19.3 Å². The van der Waals surface area contributed by atoms with Crippen LogP contribution in [0, 0.1) is 0 Å². The molecule has 150 valence electrons. The van der Waals surface area contributed by atoms with Crippen molar-refractivity contribution < 1.29 is 22.8 Å². The molecular weight excluding hydrogens is 394 g/mol. The van der Waals surface area contributed by atoms with Crippen LogP contribution in [-0.2, 0) is 10.0 Å². The van der Waals surface area contributed by atoms with Crippen LogP contribution in [0.5, 0.6) is 0 Å². The van der Waals surface area contributed by atoms with Gasteiger partial charge < -0.3 is 5.32 Å². The van der Waals surface area contributed by atoms with Gasteiger partial charge in [-0.1, -0.05) is 6.07 Å². The number of nitrogens with one attached hydrogen (secondary N) is 1. The van der Waals surface area contributed by atoms with Crippen molar-refractivity contribution in [2.45, 2.75) is 23.8 Å². The zero-order valence-corrected chi connectivity index (χ0v) is 16.7. The van der Waals surface area contributed by atoms with Crippen molar-refractivity contribution in [2.24, 2.45) is 0 Å². The summed E-state index contributed by atoms with van der Waals surface area (Å²) in [7, 11) is -0.653. The van der Waals surface area contributed by atoms with Gasteiger partial charge in [0.2, 0.25) is 10.0 Å². The minimum atomic E-state index is -3.59. The number of carbonyl (C=O) groups excluding carboxylic acids is 3. The maximum Gasteiger partial charge on any atom is 0.263 e. The summed E-state index contributed by atoms with van der Waals surface area (Å²) in [5.41, 5.74) is 0.861. The fraction of sp³-hybridized carbons (Fsp3) is 0.250. The Labute approximate surface area is 168 Å². The minimum Gasteiger partial charge on any atom is -0.321 e. The van der Waals surface area contributed by atoms with Crippen molar-refractivity contribution in [3.8, 4) is 0 Å². The van der Waals surface area contributed by atoms with Crippen molar-refractivity contribution in [1.82, 2.24) is 9.21 Å². The number of hydrogen-bond acceptors (Lipinski definition) is 5. The average Bonchev–Trinajstić information content (AvgIpc) is 3.53. The number of hydrogen-bond donors (Lipinski definition) is 1. The molecule has 1 N–H and O–H groups in total. The van der Waals surface area contributed by atoms with Crippen LogP contribution >= 0.6 is 0 Å². The summed E-state index contributed by atoms with van der Waals surface area (Å²) in [6.45, 7) is 0. The predicted octanol–water partition coefficient (Wildman–Crippen LogP) is 1.95. The van der Waals surface area contributed by atoms with Crippen LogP contribution in [0.3, 0.4) is 0 Å². The van der Waals surface area contributed by atoms with E-state index in [4.69, 9.17) is 0 Å². The molecule has 1 aliphatic carbocycles. The summed E-state index contributed by atoms with van der Waals surface area (Å²) < 4.78 is 26.5. The lowest BCUT2D eigenvalue weighted by Gasteiger charge is -2.16. The second-order valence-corrected chi connectivity index (χ2v) is 9.13. The molecule has 2 aromatic carbocycles. The number of sulfonamides is 1. The van der Waals surface area contributed by atoms with Gasteiger partial charge in [-0.25, -0.2) is 8.42 Å². The van der Waals surface area contributed by atoms with E-state index in [1.807, 2.05) is 0 Å². The second-order valence-electron chi connectivity index (χ2n) is 7.13. The average molecular weight is 413 g/mol. The molecule has 0 radical (unpaired) electrons. The molecule has 9 heteroatoms. The van der Waals surface area contributed by atoms with Gasteiger partial charge in [0.15, 0.2) is 0 Å². The van der Waals surface area contributed by atoms with Crippen molar-refractivity contribution >= 4 is 33.4 Å². The Morgan fingerprint density at radius 3 is 2.34 bits per heavy atom. The quantitative estimate of drug-likeness (QED) is 0.755. The van der Waals surface area contributed by atoms with Crippen LogP contribution in [0.2, 0.25) is 0 Å². The first-order valence-electron chi connectivity index (χ1n) is 9.06. The number of imide groups is 1. The summed E-state index contributed by atoms with van der Waals surface area (Å²) in [6.07, 6.45) is 1.71. The molecule has 0 aromatic heterocycles. The third-order valence-corrected chi connectivity index (χ3v) is 7.15. The summed E-state index contributed by atoms with van der Waals surface area (Å²) in [6, 6.07) is 10.3. The zero-order chi connectivity index (χ0) is 20.9. The Bertz CT molecular complexity index is 1140. The Morgan fingerprint density at radius 1 is 1.07 bits per heavy atom. The first-order chi connectivity index (χ1) is 13.7. The molecule has 2 aliphatic rings. The summed E-state index contributed by atoms with van der Waals surface area (Å²) in [5, 5.41) is 2.64. The lowest BCUT2D eigenvalue weighted by molar-refractivity contribution is 0.0693. The molecule has 1 aliphatic heterocycles. The van der Waals surface area contributed by atoms with E-state index in [1.54, 1.807) is 19.2 Å². The molecule has 0 unspecified atom stereocenters.